The van der Waals surface area contributed by atoms with E-state index >= 15 is 0 Å². The third kappa shape index (κ3) is 3.34. The smallest absolute Gasteiger partial charge is 0.344 e. The monoisotopic (exact) mass is 174 g/mol. The molecule has 0 aliphatic heterocycles. The fraction of sp³-hybridized carbons (Fsp3) is 0.250. The molecule has 0 aliphatic carbocycles. The molecule has 0 unspecified atom stereocenters. The number of hydrogen-bond acceptors (Lipinski definition) is 2. The zero-order chi connectivity index (χ0) is 8.15. The second-order valence-corrected chi connectivity index (χ2v) is 1.38. The number of hydrogen-bond donors (Lipinski definition) is 0. The Labute approximate surface area is 59.4 Å². The van der Waals surface area contributed by atoms with Gasteiger partial charge in [0.25, 0.3) is 6.43 Å². The van der Waals surface area contributed by atoms with E-state index in [2.05, 4.69) is 16.2 Å². The average molecular weight is 175 g/mol. The van der Waals surface area contributed by atoms with Crippen molar-refractivity contribution < 1.29 is 22.3 Å². The average Bonchev–Trinajstić information content (AvgIpc) is 1.87. The molecule has 2 nitrogen and oxygen atoms in total. The van der Waals surface area contributed by atoms with Crippen molar-refractivity contribution in [2.45, 2.75) is 6.43 Å². The molecule has 0 aromatic heterocycles. The Morgan fingerprint density at radius 2 is 2.10 bits per heavy atom. The Bertz CT molecular complexity index is 157. The van der Waals surface area contributed by atoms with E-state index in [0.717, 1.165) is 0 Å². The topological polar surface area (TPSA) is 26.3 Å². The minimum absolute atomic E-state index is 0.0301. The Morgan fingerprint density at radius 1 is 1.60 bits per heavy atom. The molecule has 0 saturated carbocycles. The van der Waals surface area contributed by atoms with Crippen LogP contribution in [-0.4, -0.2) is 12.4 Å². The molecule has 0 bridgehead atoms. The highest BCUT2D eigenvalue weighted by molar-refractivity contribution is 6.14. The van der Waals surface area contributed by atoms with E-state index in [1.807, 2.05) is 0 Å². The maximum Gasteiger partial charge on any atom is 0.351 e. The Hall–Kier alpha value is -0.710. The molecule has 0 radical (unpaired) electrons. The molecule has 0 heterocycles. The molecule has 6 heteroatoms. The summed E-state index contributed by atoms with van der Waals surface area (Å²) in [5.74, 6) is -3.23. The highest BCUT2D eigenvalue weighted by atomic mass is 35.5. The van der Waals surface area contributed by atoms with Gasteiger partial charge in [0.05, 0.1) is 6.08 Å². The maximum absolute atomic E-state index is 11.7. The van der Waals surface area contributed by atoms with E-state index in [0.29, 0.717) is 0 Å². The van der Waals surface area contributed by atoms with Gasteiger partial charge in [-0.05, 0) is 0 Å². The molecule has 0 aromatic carbocycles. The fourth-order valence-electron chi connectivity index (χ4n) is 0.198. The van der Waals surface area contributed by atoms with Gasteiger partial charge < -0.3 is 4.29 Å². The normalized spacial score (nSPS) is 11.9. The molecule has 0 N–H and O–H groups in total. The maximum atomic E-state index is 11.7. The lowest BCUT2D eigenvalue weighted by atomic mass is 10.5. The van der Waals surface area contributed by atoms with Crippen LogP contribution in [0.3, 0.4) is 0 Å². The van der Waals surface area contributed by atoms with Crippen LogP contribution in [0.25, 0.3) is 0 Å². The largest absolute Gasteiger partial charge is 0.351 e. The van der Waals surface area contributed by atoms with E-state index < -0.39 is 18.2 Å². The molecule has 10 heavy (non-hydrogen) atoms. The highest BCUT2D eigenvalue weighted by Gasteiger charge is 2.12. The van der Waals surface area contributed by atoms with Crippen molar-refractivity contribution in [3.05, 3.63) is 11.9 Å². The van der Waals surface area contributed by atoms with E-state index in [4.69, 9.17) is 0 Å². The number of alkyl halides is 2. The van der Waals surface area contributed by atoms with E-state index in [1.165, 1.54) is 0 Å². The zero-order valence-corrected chi connectivity index (χ0v) is 5.24. The summed E-state index contributed by atoms with van der Waals surface area (Å²) in [6.45, 7) is 0. The van der Waals surface area contributed by atoms with E-state index in [1.54, 1.807) is 0 Å². The minimum atomic E-state index is -3.31. The lowest BCUT2D eigenvalue weighted by Crippen LogP contribution is -1.97. The molecular weight excluding hydrogens is 172 g/mol. The summed E-state index contributed by atoms with van der Waals surface area (Å²) in [6, 6.07) is 0. The van der Waals surface area contributed by atoms with Gasteiger partial charge in [0.1, 0.15) is 11.9 Å². The predicted octanol–water partition coefficient (Wildman–Crippen LogP) is 1.80. The van der Waals surface area contributed by atoms with Crippen LogP contribution >= 0.6 is 11.9 Å². The zero-order valence-electron chi connectivity index (χ0n) is 4.48. The van der Waals surface area contributed by atoms with Crippen molar-refractivity contribution >= 4 is 17.8 Å². The van der Waals surface area contributed by atoms with Gasteiger partial charge >= 0.3 is 5.97 Å². The van der Waals surface area contributed by atoms with Crippen molar-refractivity contribution in [1.29, 1.82) is 0 Å². The molecule has 0 spiro atoms. The number of carbonyl (C=O) groups excluding carboxylic acids is 1. The summed E-state index contributed by atoms with van der Waals surface area (Å²) in [5, 5.41) is 0. The molecule has 0 aliphatic rings. The van der Waals surface area contributed by atoms with Crippen LogP contribution in [0, 0.1) is 0 Å². The van der Waals surface area contributed by atoms with Crippen LogP contribution in [0.5, 0.6) is 0 Å². The lowest BCUT2D eigenvalue weighted by molar-refractivity contribution is -0.128. The van der Waals surface area contributed by atoms with Crippen molar-refractivity contribution in [2.24, 2.45) is 0 Å². The third-order valence-electron chi connectivity index (χ3n) is 0.540. The molecule has 0 saturated heterocycles. The Balaban J connectivity index is 4.03. The third-order valence-corrected chi connectivity index (χ3v) is 0.692. The fourth-order valence-corrected chi connectivity index (χ4v) is 0.242. The summed E-state index contributed by atoms with van der Waals surface area (Å²) in [6.07, 6.45) is -3.34. The Kier molecular flexibility index (Phi) is 3.87. The van der Waals surface area contributed by atoms with Crippen molar-refractivity contribution in [3.63, 3.8) is 0 Å². The van der Waals surface area contributed by atoms with Crippen molar-refractivity contribution in [3.8, 4) is 0 Å². The molecule has 0 fully saturated rings. The first kappa shape index (κ1) is 9.29. The van der Waals surface area contributed by atoms with Gasteiger partial charge in [-0.1, -0.05) is 0 Å². The number of halogens is 4. The van der Waals surface area contributed by atoms with Gasteiger partial charge in [-0.2, -0.15) is 0 Å². The lowest BCUT2D eigenvalue weighted by Gasteiger charge is -1.90. The molecule has 58 valence electrons. The highest BCUT2D eigenvalue weighted by Crippen LogP contribution is 2.09. The van der Waals surface area contributed by atoms with Crippen molar-refractivity contribution in [1.82, 2.24) is 0 Å². The first-order chi connectivity index (χ1) is 4.57. The van der Waals surface area contributed by atoms with E-state index in [-0.39, 0.29) is 6.08 Å². The number of allylic oxidation sites excluding steroid dienone is 1. The van der Waals surface area contributed by atoms with Crippen LogP contribution < -0.4 is 0 Å². The second-order valence-electron chi connectivity index (χ2n) is 1.23. The molecule has 0 rings (SSSR count). The van der Waals surface area contributed by atoms with Gasteiger partial charge in [-0.3, -0.25) is 0 Å². The van der Waals surface area contributed by atoms with Crippen LogP contribution in [0.4, 0.5) is 13.2 Å². The second kappa shape index (κ2) is 4.16. The summed E-state index contributed by atoms with van der Waals surface area (Å²) in [7, 11) is 0. The molecule has 0 aromatic rings. The van der Waals surface area contributed by atoms with Gasteiger partial charge in [0.2, 0.25) is 0 Å². The summed E-state index contributed by atoms with van der Waals surface area (Å²) in [4.78, 5) is 9.92. The van der Waals surface area contributed by atoms with Crippen LogP contribution in [0.15, 0.2) is 11.9 Å². The van der Waals surface area contributed by atoms with E-state index in [9.17, 15) is 18.0 Å². The van der Waals surface area contributed by atoms with Gasteiger partial charge in [0, 0.05) is 0 Å². The summed E-state index contributed by atoms with van der Waals surface area (Å²) >= 11 is 4.40. The molecular formula is C4H2ClF3O2. The first-order valence-electron chi connectivity index (χ1n) is 2.05. The SMILES string of the molecule is O=C(/C=C(/F)C(F)F)OCl. The predicted molar refractivity (Wildman–Crippen MR) is 27.1 cm³/mol. The van der Waals surface area contributed by atoms with Crippen LogP contribution in [0.1, 0.15) is 0 Å². The van der Waals surface area contributed by atoms with Crippen molar-refractivity contribution in [2.75, 3.05) is 0 Å². The van der Waals surface area contributed by atoms with Gasteiger partial charge in [-0.25, -0.2) is 18.0 Å². The number of carbonyl (C=O) groups is 1. The standard InChI is InChI=1S/C4H2ClF3O2/c5-10-3(9)1-2(6)4(7)8/h1,4H/b2-1+. The molecule has 0 atom stereocenters. The Morgan fingerprint density at radius 3 is 2.40 bits per heavy atom. The minimum Gasteiger partial charge on any atom is -0.344 e. The van der Waals surface area contributed by atoms with Gasteiger partial charge in [0.15, 0.2) is 5.83 Å². The van der Waals surface area contributed by atoms with Crippen LogP contribution in [0.2, 0.25) is 0 Å². The summed E-state index contributed by atoms with van der Waals surface area (Å²) < 4.78 is 37.5. The molecule has 0 amide bonds. The van der Waals surface area contributed by atoms with Crippen LogP contribution in [-0.2, 0) is 9.08 Å². The number of rotatable bonds is 2. The van der Waals surface area contributed by atoms with Gasteiger partial charge in [-0.15, -0.1) is 0 Å². The first-order valence-corrected chi connectivity index (χ1v) is 2.36. The quantitative estimate of drug-likeness (QED) is 0.597. The summed E-state index contributed by atoms with van der Waals surface area (Å²) in [5.41, 5.74) is 0.